The van der Waals surface area contributed by atoms with E-state index in [1.807, 2.05) is 36.6 Å². The van der Waals surface area contributed by atoms with Gasteiger partial charge in [0.15, 0.2) is 0 Å². The smallest absolute Gasteiger partial charge is 0.328 e. The molecule has 0 spiro atoms. The molecular formula is C14H19NO2S2. The zero-order valence-corrected chi connectivity index (χ0v) is 12.9. The van der Waals surface area contributed by atoms with Gasteiger partial charge < -0.3 is 10.1 Å². The second-order valence-corrected chi connectivity index (χ2v) is 5.32. The third-order valence-corrected chi connectivity index (χ3v) is 3.52. The van der Waals surface area contributed by atoms with Crippen molar-refractivity contribution < 1.29 is 9.53 Å². The maximum absolute atomic E-state index is 11.9. The molecule has 1 aromatic rings. The largest absolute Gasteiger partial charge is 0.464 e. The number of carbonyl (C=O) groups is 1. The van der Waals surface area contributed by atoms with Gasteiger partial charge in [-0.3, -0.25) is 0 Å². The van der Waals surface area contributed by atoms with Crippen LogP contribution in [0.1, 0.15) is 18.9 Å². The number of rotatable bonds is 7. The Morgan fingerprint density at radius 3 is 2.68 bits per heavy atom. The van der Waals surface area contributed by atoms with Gasteiger partial charge in [0.2, 0.25) is 0 Å². The van der Waals surface area contributed by atoms with Crippen LogP contribution in [-0.4, -0.2) is 35.6 Å². The summed E-state index contributed by atoms with van der Waals surface area (Å²) in [5, 5.41) is 3.10. The van der Waals surface area contributed by atoms with Crippen molar-refractivity contribution in [1.29, 1.82) is 0 Å². The van der Waals surface area contributed by atoms with Gasteiger partial charge in [0.05, 0.1) is 6.61 Å². The average molecular weight is 297 g/mol. The van der Waals surface area contributed by atoms with Crippen molar-refractivity contribution in [1.82, 2.24) is 5.32 Å². The van der Waals surface area contributed by atoms with Gasteiger partial charge in [0, 0.05) is 5.56 Å². The van der Waals surface area contributed by atoms with Crippen LogP contribution in [0, 0.1) is 0 Å². The summed E-state index contributed by atoms with van der Waals surface area (Å²) in [6.07, 6.45) is 2.71. The van der Waals surface area contributed by atoms with E-state index in [4.69, 9.17) is 17.0 Å². The Labute approximate surface area is 124 Å². The van der Waals surface area contributed by atoms with Crippen LogP contribution in [0.15, 0.2) is 30.3 Å². The predicted octanol–water partition coefficient (Wildman–Crippen LogP) is 2.64. The van der Waals surface area contributed by atoms with Crippen LogP contribution in [0.4, 0.5) is 0 Å². The van der Waals surface area contributed by atoms with Crippen molar-refractivity contribution in [3.8, 4) is 0 Å². The minimum Gasteiger partial charge on any atom is -0.464 e. The monoisotopic (exact) mass is 297 g/mol. The molecule has 1 N–H and O–H groups in total. The van der Waals surface area contributed by atoms with Crippen LogP contribution in [0.3, 0.4) is 0 Å². The number of esters is 1. The predicted molar refractivity (Wildman–Crippen MR) is 84.7 cm³/mol. The topological polar surface area (TPSA) is 38.3 Å². The second-order valence-electron chi connectivity index (χ2n) is 3.93. The Kier molecular flexibility index (Phi) is 7.52. The molecule has 104 valence electrons. The molecule has 0 fully saturated rings. The normalized spacial score (nSPS) is 11.7. The number of benzene rings is 1. The molecular weight excluding hydrogens is 278 g/mol. The molecule has 0 aliphatic rings. The molecule has 0 saturated carbocycles. The lowest BCUT2D eigenvalue weighted by molar-refractivity contribution is -0.145. The summed E-state index contributed by atoms with van der Waals surface area (Å²) in [6, 6.07) is 9.25. The van der Waals surface area contributed by atoms with Crippen molar-refractivity contribution >= 4 is 34.9 Å². The van der Waals surface area contributed by atoms with Crippen molar-refractivity contribution in [3.05, 3.63) is 35.9 Å². The average Bonchev–Trinajstić information content (AvgIpc) is 2.44. The van der Waals surface area contributed by atoms with Crippen LogP contribution in [0.25, 0.3) is 0 Å². The van der Waals surface area contributed by atoms with Crippen LogP contribution >= 0.6 is 24.0 Å². The summed E-state index contributed by atoms with van der Waals surface area (Å²) in [6.45, 7) is 2.19. The van der Waals surface area contributed by atoms with Crippen LogP contribution in [0.5, 0.6) is 0 Å². The lowest BCUT2D eigenvalue weighted by atomic mass is 10.2. The Hall–Kier alpha value is -1.07. The van der Waals surface area contributed by atoms with E-state index in [1.165, 1.54) is 0 Å². The highest BCUT2D eigenvalue weighted by Gasteiger charge is 2.20. The molecule has 0 aliphatic heterocycles. The summed E-state index contributed by atoms with van der Waals surface area (Å²) >= 11 is 7.02. The molecule has 19 heavy (non-hydrogen) atoms. The van der Waals surface area contributed by atoms with Gasteiger partial charge in [0.1, 0.15) is 11.0 Å². The molecule has 3 nitrogen and oxygen atoms in total. The number of thioether (sulfide) groups is 1. The molecule has 0 amide bonds. The summed E-state index contributed by atoms with van der Waals surface area (Å²) in [7, 11) is 0. The maximum atomic E-state index is 11.9. The molecule has 0 aromatic heterocycles. The number of hydrogen-bond acceptors (Lipinski definition) is 4. The molecule has 1 atom stereocenters. The highest BCUT2D eigenvalue weighted by molar-refractivity contribution is 7.98. The van der Waals surface area contributed by atoms with Crippen molar-refractivity contribution in [2.24, 2.45) is 0 Å². The highest BCUT2D eigenvalue weighted by Crippen LogP contribution is 2.06. The second kappa shape index (κ2) is 8.93. The third-order valence-electron chi connectivity index (χ3n) is 2.52. The minimum atomic E-state index is -0.375. The van der Waals surface area contributed by atoms with E-state index < -0.39 is 0 Å². The van der Waals surface area contributed by atoms with Crippen molar-refractivity contribution in [2.45, 2.75) is 19.4 Å². The van der Waals surface area contributed by atoms with Gasteiger partial charge in [-0.1, -0.05) is 42.5 Å². The maximum Gasteiger partial charge on any atom is 0.328 e. The molecule has 0 heterocycles. The van der Waals surface area contributed by atoms with Gasteiger partial charge >= 0.3 is 5.97 Å². The van der Waals surface area contributed by atoms with Gasteiger partial charge in [0.25, 0.3) is 0 Å². The van der Waals surface area contributed by atoms with Gasteiger partial charge in [-0.25, -0.2) is 4.79 Å². The first-order chi connectivity index (χ1) is 9.19. The molecule has 0 aliphatic carbocycles. The fraction of sp³-hybridized carbons (Fsp3) is 0.429. The summed E-state index contributed by atoms with van der Waals surface area (Å²) in [5.74, 6) is 0.642. The zero-order chi connectivity index (χ0) is 14.1. The first-order valence-electron chi connectivity index (χ1n) is 6.20. The van der Waals surface area contributed by atoms with Gasteiger partial charge in [-0.15, -0.1) is 0 Å². The van der Waals surface area contributed by atoms with E-state index in [2.05, 4.69) is 5.32 Å². The van der Waals surface area contributed by atoms with E-state index >= 15 is 0 Å². The van der Waals surface area contributed by atoms with E-state index in [1.54, 1.807) is 18.7 Å². The number of thiocarbonyl (C=S) groups is 1. The van der Waals surface area contributed by atoms with Crippen LogP contribution < -0.4 is 5.32 Å². The third kappa shape index (κ3) is 5.61. The number of carbonyl (C=O) groups excluding carboxylic acids is 1. The van der Waals surface area contributed by atoms with Crippen LogP contribution in [0.2, 0.25) is 0 Å². The van der Waals surface area contributed by atoms with E-state index in [-0.39, 0.29) is 12.0 Å². The molecule has 1 aromatic carbocycles. The van der Waals surface area contributed by atoms with Crippen molar-refractivity contribution in [3.63, 3.8) is 0 Å². The Morgan fingerprint density at radius 2 is 2.11 bits per heavy atom. The molecule has 0 saturated heterocycles. The summed E-state index contributed by atoms with van der Waals surface area (Å²) in [4.78, 5) is 12.4. The zero-order valence-electron chi connectivity index (χ0n) is 11.2. The summed E-state index contributed by atoms with van der Waals surface area (Å²) in [5.41, 5.74) is 0.913. The molecule has 1 rings (SSSR count). The van der Waals surface area contributed by atoms with Crippen LogP contribution in [-0.2, 0) is 9.53 Å². The number of ether oxygens (including phenoxy) is 1. The molecule has 5 heteroatoms. The fourth-order valence-corrected chi connectivity index (χ4v) is 2.31. The highest BCUT2D eigenvalue weighted by atomic mass is 32.2. The fourth-order valence-electron chi connectivity index (χ4n) is 1.56. The lowest BCUT2D eigenvalue weighted by Crippen LogP contribution is -2.41. The van der Waals surface area contributed by atoms with E-state index in [0.29, 0.717) is 18.0 Å². The Bertz CT molecular complexity index is 409. The first kappa shape index (κ1) is 16.0. The summed E-state index contributed by atoms with van der Waals surface area (Å²) < 4.78 is 5.07. The lowest BCUT2D eigenvalue weighted by Gasteiger charge is -2.18. The first-order valence-corrected chi connectivity index (χ1v) is 8.00. The molecule has 0 radical (unpaired) electrons. The Balaban J connectivity index is 2.66. The number of hydrogen-bond donors (Lipinski definition) is 1. The van der Waals surface area contributed by atoms with E-state index in [0.717, 1.165) is 11.3 Å². The Morgan fingerprint density at radius 1 is 1.42 bits per heavy atom. The van der Waals surface area contributed by atoms with Gasteiger partial charge in [-0.05, 0) is 25.4 Å². The molecule has 0 bridgehead atoms. The standard InChI is InChI=1S/C14H19NO2S2/c1-3-17-14(16)12(9-10-19-2)15-13(18)11-7-5-4-6-8-11/h4-8,12H,3,9-10H2,1-2H3,(H,15,18). The quantitative estimate of drug-likeness (QED) is 0.619. The molecule has 1 unspecified atom stereocenters. The van der Waals surface area contributed by atoms with E-state index in [9.17, 15) is 4.79 Å². The van der Waals surface area contributed by atoms with Crippen molar-refractivity contribution in [2.75, 3.05) is 18.6 Å². The SMILES string of the molecule is CCOC(=O)C(CCSC)NC(=S)c1ccccc1. The van der Waals surface area contributed by atoms with Gasteiger partial charge in [-0.2, -0.15) is 11.8 Å². The minimum absolute atomic E-state index is 0.241. The number of nitrogens with one attached hydrogen (secondary N) is 1.